The number of hydrogen-bond donors (Lipinski definition) is 0. The van der Waals surface area contributed by atoms with Gasteiger partial charge in [0, 0.05) is 24.6 Å². The third kappa shape index (κ3) is 3.09. The fourth-order valence-corrected chi connectivity index (χ4v) is 3.04. The van der Waals surface area contributed by atoms with E-state index in [0.717, 1.165) is 35.3 Å². The van der Waals surface area contributed by atoms with E-state index >= 15 is 0 Å². The zero-order chi connectivity index (χ0) is 16.6. The van der Waals surface area contributed by atoms with Crippen LogP contribution in [0.4, 0.5) is 0 Å². The number of aromatic nitrogens is 2. The number of likely N-dealkylation sites (tertiary alicyclic amines) is 1. The van der Waals surface area contributed by atoms with Crippen LogP contribution in [0, 0.1) is 19.8 Å². The number of fused-ring (bicyclic) bond motifs is 1. The second-order valence-electron chi connectivity index (χ2n) is 6.28. The van der Waals surface area contributed by atoms with Crippen LogP contribution in [0.1, 0.15) is 41.5 Å². The van der Waals surface area contributed by atoms with Crippen molar-refractivity contribution >= 4 is 22.7 Å². The molecular formula is C18H21N3O2. The zero-order valence-electron chi connectivity index (χ0n) is 13.8. The van der Waals surface area contributed by atoms with Gasteiger partial charge >= 0.3 is 0 Å². The summed E-state index contributed by atoms with van der Waals surface area (Å²) in [6, 6.07) is 5.48. The number of aryl methyl sites for hydroxylation is 2. The minimum absolute atomic E-state index is 0.00827. The van der Waals surface area contributed by atoms with Crippen LogP contribution >= 0.6 is 0 Å². The smallest absolute Gasteiger partial charge is 0.253 e. The third-order valence-electron chi connectivity index (χ3n) is 4.68. The molecule has 1 aromatic heterocycles. The Labute approximate surface area is 135 Å². The highest BCUT2D eigenvalue weighted by Crippen LogP contribution is 2.21. The lowest BCUT2D eigenvalue weighted by atomic mass is 9.93. The first-order chi connectivity index (χ1) is 11.0. The molecule has 1 amide bonds. The summed E-state index contributed by atoms with van der Waals surface area (Å²) in [4.78, 5) is 34.9. The van der Waals surface area contributed by atoms with Crippen LogP contribution < -0.4 is 0 Å². The van der Waals surface area contributed by atoms with E-state index < -0.39 is 0 Å². The van der Waals surface area contributed by atoms with Crippen molar-refractivity contribution in [3.63, 3.8) is 0 Å². The first-order valence-electron chi connectivity index (χ1n) is 8.00. The molecule has 5 heteroatoms. The molecule has 23 heavy (non-hydrogen) atoms. The largest absolute Gasteiger partial charge is 0.339 e. The standard InChI is InChI=1S/C18H21N3O2/c1-11-12(2)20-17-10-15(4-5-16(17)19-11)18(23)21-8-6-14(7-9-21)13(3)22/h4-5,10,14H,6-9H2,1-3H3. The Morgan fingerprint density at radius 3 is 2.26 bits per heavy atom. The number of ketones is 1. The van der Waals surface area contributed by atoms with Gasteiger partial charge in [0.15, 0.2) is 0 Å². The highest BCUT2D eigenvalue weighted by Gasteiger charge is 2.26. The Kier molecular flexibility index (Phi) is 4.11. The maximum atomic E-state index is 12.7. The van der Waals surface area contributed by atoms with Crippen LogP contribution in [-0.4, -0.2) is 39.6 Å². The van der Waals surface area contributed by atoms with E-state index in [4.69, 9.17) is 0 Å². The summed E-state index contributed by atoms with van der Waals surface area (Å²) < 4.78 is 0. The Morgan fingerprint density at radius 1 is 1.04 bits per heavy atom. The van der Waals surface area contributed by atoms with Crippen LogP contribution in [0.25, 0.3) is 11.0 Å². The number of benzene rings is 1. The molecule has 0 spiro atoms. The first kappa shape index (κ1) is 15.6. The lowest BCUT2D eigenvalue weighted by Crippen LogP contribution is -2.39. The number of amides is 1. The number of piperidine rings is 1. The molecular weight excluding hydrogens is 290 g/mol. The maximum absolute atomic E-state index is 12.7. The van der Waals surface area contributed by atoms with Gasteiger partial charge in [-0.15, -0.1) is 0 Å². The molecule has 0 unspecified atom stereocenters. The molecule has 120 valence electrons. The van der Waals surface area contributed by atoms with Crippen LogP contribution in [0.15, 0.2) is 18.2 Å². The molecule has 5 nitrogen and oxygen atoms in total. The molecule has 0 saturated carbocycles. The van der Waals surface area contributed by atoms with Crippen LogP contribution in [0.3, 0.4) is 0 Å². The fourth-order valence-electron chi connectivity index (χ4n) is 3.04. The van der Waals surface area contributed by atoms with Gasteiger partial charge in [-0.2, -0.15) is 0 Å². The van der Waals surface area contributed by atoms with E-state index in [-0.39, 0.29) is 17.6 Å². The van der Waals surface area contributed by atoms with Gasteiger partial charge in [-0.3, -0.25) is 9.59 Å². The summed E-state index contributed by atoms with van der Waals surface area (Å²) in [5.41, 5.74) is 3.97. The predicted octanol–water partition coefficient (Wildman–Crippen LogP) is 2.69. The molecule has 2 aromatic rings. The molecule has 0 radical (unpaired) electrons. The average Bonchev–Trinajstić information content (AvgIpc) is 2.55. The molecule has 1 saturated heterocycles. The summed E-state index contributed by atoms with van der Waals surface area (Å²) in [5, 5.41) is 0. The van der Waals surface area contributed by atoms with Crippen molar-refractivity contribution in [1.29, 1.82) is 0 Å². The summed E-state index contributed by atoms with van der Waals surface area (Å²) >= 11 is 0. The molecule has 0 atom stereocenters. The maximum Gasteiger partial charge on any atom is 0.253 e. The fraction of sp³-hybridized carbons (Fsp3) is 0.444. The second-order valence-corrected chi connectivity index (χ2v) is 6.28. The van der Waals surface area contributed by atoms with Gasteiger partial charge in [0.1, 0.15) is 5.78 Å². The van der Waals surface area contributed by atoms with E-state index in [2.05, 4.69) is 9.97 Å². The van der Waals surface area contributed by atoms with Crippen LogP contribution in [0.2, 0.25) is 0 Å². The monoisotopic (exact) mass is 311 g/mol. The number of Topliss-reactive ketones (excluding diaryl/α,β-unsaturated/α-hetero) is 1. The van der Waals surface area contributed by atoms with Gasteiger partial charge in [0.25, 0.3) is 5.91 Å². The van der Waals surface area contributed by atoms with Crippen molar-refractivity contribution in [3.05, 3.63) is 35.2 Å². The average molecular weight is 311 g/mol. The third-order valence-corrected chi connectivity index (χ3v) is 4.68. The molecule has 1 aliphatic rings. The normalized spacial score (nSPS) is 15.9. The summed E-state index contributed by atoms with van der Waals surface area (Å²) in [6.45, 7) is 6.76. The molecule has 0 bridgehead atoms. The van der Waals surface area contributed by atoms with Gasteiger partial charge in [-0.25, -0.2) is 9.97 Å². The van der Waals surface area contributed by atoms with Gasteiger partial charge < -0.3 is 4.90 Å². The highest BCUT2D eigenvalue weighted by atomic mass is 16.2. The Balaban J connectivity index is 1.81. The molecule has 1 fully saturated rings. The van der Waals surface area contributed by atoms with Gasteiger partial charge in [-0.1, -0.05) is 0 Å². The van der Waals surface area contributed by atoms with Gasteiger partial charge in [-0.05, 0) is 51.8 Å². The summed E-state index contributed by atoms with van der Waals surface area (Å²) in [7, 11) is 0. The van der Waals surface area contributed by atoms with E-state index in [1.54, 1.807) is 6.92 Å². The van der Waals surface area contributed by atoms with Gasteiger partial charge in [0.05, 0.1) is 22.4 Å². The zero-order valence-corrected chi connectivity index (χ0v) is 13.8. The van der Waals surface area contributed by atoms with E-state index in [1.807, 2.05) is 36.9 Å². The Hall–Kier alpha value is -2.30. The molecule has 0 N–H and O–H groups in total. The summed E-state index contributed by atoms with van der Waals surface area (Å²) in [5.74, 6) is 0.338. The molecule has 0 aliphatic carbocycles. The molecule has 2 heterocycles. The van der Waals surface area contributed by atoms with Crippen LogP contribution in [-0.2, 0) is 4.79 Å². The molecule has 1 aliphatic heterocycles. The lowest BCUT2D eigenvalue weighted by molar-refractivity contribution is -0.121. The van der Waals surface area contributed by atoms with E-state index in [9.17, 15) is 9.59 Å². The van der Waals surface area contributed by atoms with Crippen molar-refractivity contribution in [3.8, 4) is 0 Å². The SMILES string of the molecule is CC(=O)C1CCN(C(=O)c2ccc3nc(C)c(C)nc3c2)CC1. The topological polar surface area (TPSA) is 63.2 Å². The van der Waals surface area contributed by atoms with E-state index in [1.165, 1.54) is 0 Å². The molecule has 3 rings (SSSR count). The highest BCUT2D eigenvalue weighted by molar-refractivity contribution is 5.97. The number of nitrogens with zero attached hydrogens (tertiary/aromatic N) is 3. The lowest BCUT2D eigenvalue weighted by Gasteiger charge is -2.31. The Morgan fingerprint density at radius 2 is 1.65 bits per heavy atom. The van der Waals surface area contributed by atoms with Gasteiger partial charge in [0.2, 0.25) is 0 Å². The van der Waals surface area contributed by atoms with Crippen LogP contribution in [0.5, 0.6) is 0 Å². The Bertz CT molecular complexity index is 777. The summed E-state index contributed by atoms with van der Waals surface area (Å²) in [6.07, 6.45) is 1.51. The van der Waals surface area contributed by atoms with Crippen molar-refractivity contribution in [2.24, 2.45) is 5.92 Å². The quantitative estimate of drug-likeness (QED) is 0.855. The minimum atomic E-state index is 0.00827. The number of hydrogen-bond acceptors (Lipinski definition) is 4. The van der Waals surface area contributed by atoms with E-state index in [0.29, 0.717) is 18.7 Å². The number of carbonyl (C=O) groups is 2. The second kappa shape index (κ2) is 6.07. The van der Waals surface area contributed by atoms with Crippen molar-refractivity contribution in [2.45, 2.75) is 33.6 Å². The number of rotatable bonds is 2. The van der Waals surface area contributed by atoms with Crippen molar-refractivity contribution in [1.82, 2.24) is 14.9 Å². The number of carbonyl (C=O) groups excluding carboxylic acids is 2. The predicted molar refractivity (Wildman–Crippen MR) is 88.3 cm³/mol. The minimum Gasteiger partial charge on any atom is -0.339 e. The molecule has 1 aromatic carbocycles. The van der Waals surface area contributed by atoms with Crippen molar-refractivity contribution in [2.75, 3.05) is 13.1 Å². The first-order valence-corrected chi connectivity index (χ1v) is 8.00. The van der Waals surface area contributed by atoms with Crippen molar-refractivity contribution < 1.29 is 9.59 Å².